The van der Waals surface area contributed by atoms with Crippen LogP contribution >= 0.6 is 0 Å². The van der Waals surface area contributed by atoms with Crippen LogP contribution in [0.25, 0.3) is 5.78 Å². The predicted molar refractivity (Wildman–Crippen MR) is 68.6 cm³/mol. The van der Waals surface area contributed by atoms with Gasteiger partial charge in [0.1, 0.15) is 12.1 Å². The van der Waals surface area contributed by atoms with Crippen molar-refractivity contribution in [3.8, 4) is 0 Å². The lowest BCUT2D eigenvalue weighted by molar-refractivity contribution is 0.192. The van der Waals surface area contributed by atoms with E-state index in [1.165, 1.54) is 6.33 Å². The molecule has 2 heterocycles. The summed E-state index contributed by atoms with van der Waals surface area (Å²) in [5, 5.41) is 19.6. The molecule has 98 valence electrons. The summed E-state index contributed by atoms with van der Waals surface area (Å²) in [5.74, 6) is 1.46. The van der Waals surface area contributed by atoms with Gasteiger partial charge >= 0.3 is 0 Å². The lowest BCUT2D eigenvalue weighted by Crippen LogP contribution is -2.29. The molecule has 2 rings (SSSR count). The smallest absolute Gasteiger partial charge is 0.254 e. The minimum absolute atomic E-state index is 0.324. The molecule has 18 heavy (non-hydrogen) atoms. The van der Waals surface area contributed by atoms with Gasteiger partial charge in [-0.05, 0) is 13.8 Å². The van der Waals surface area contributed by atoms with Crippen LogP contribution < -0.4 is 10.6 Å². The zero-order valence-electron chi connectivity index (χ0n) is 10.6. The topological polar surface area (TPSA) is 87.4 Å². The minimum Gasteiger partial charge on any atom is -0.392 e. The molecule has 0 aliphatic heterocycles. The van der Waals surface area contributed by atoms with E-state index >= 15 is 0 Å². The normalized spacial score (nSPS) is 12.8. The fraction of sp³-hybridized carbons (Fsp3) is 0.545. The van der Waals surface area contributed by atoms with E-state index in [1.54, 1.807) is 11.4 Å². The first-order valence-electron chi connectivity index (χ1n) is 5.97. The molecule has 1 unspecified atom stereocenters. The monoisotopic (exact) mass is 250 g/mol. The molecule has 7 nitrogen and oxygen atoms in total. The summed E-state index contributed by atoms with van der Waals surface area (Å²) < 4.78 is 1.67. The number of fused-ring (bicyclic) bond motifs is 1. The summed E-state index contributed by atoms with van der Waals surface area (Å²) in [4.78, 5) is 8.32. The average Bonchev–Trinajstić information content (AvgIpc) is 2.75. The summed E-state index contributed by atoms with van der Waals surface area (Å²) in [6, 6.07) is 1.93. The van der Waals surface area contributed by atoms with E-state index in [0.717, 1.165) is 24.6 Å². The van der Waals surface area contributed by atoms with Crippen LogP contribution in [-0.2, 0) is 0 Å². The Balaban J connectivity index is 1.93. The van der Waals surface area contributed by atoms with Gasteiger partial charge in [-0.3, -0.25) is 0 Å². The quantitative estimate of drug-likeness (QED) is 0.616. The van der Waals surface area contributed by atoms with Crippen molar-refractivity contribution in [3.05, 3.63) is 18.1 Å². The van der Waals surface area contributed by atoms with Crippen LogP contribution in [0.3, 0.4) is 0 Å². The third-order valence-corrected chi connectivity index (χ3v) is 2.43. The molecule has 0 saturated heterocycles. The van der Waals surface area contributed by atoms with Gasteiger partial charge < -0.3 is 15.7 Å². The Morgan fingerprint density at radius 1 is 1.44 bits per heavy atom. The van der Waals surface area contributed by atoms with Gasteiger partial charge in [-0.1, -0.05) is 0 Å². The third kappa shape index (κ3) is 3.14. The Bertz CT molecular complexity index is 509. The first-order valence-corrected chi connectivity index (χ1v) is 5.97. The summed E-state index contributed by atoms with van der Waals surface area (Å²) in [6.45, 7) is 5.78. The molecule has 0 aromatic carbocycles. The minimum atomic E-state index is -0.324. The maximum atomic E-state index is 9.11. The van der Waals surface area contributed by atoms with Crippen LogP contribution in [0, 0.1) is 6.92 Å². The molecular weight excluding hydrogens is 232 g/mol. The largest absolute Gasteiger partial charge is 0.392 e. The van der Waals surface area contributed by atoms with Crippen molar-refractivity contribution >= 4 is 11.6 Å². The zero-order valence-corrected chi connectivity index (χ0v) is 10.6. The summed E-state index contributed by atoms with van der Waals surface area (Å²) in [5.41, 5.74) is 0.898. The molecular formula is C11H18N6O. The highest BCUT2D eigenvalue weighted by Gasteiger charge is 2.04. The van der Waals surface area contributed by atoms with Crippen molar-refractivity contribution in [2.24, 2.45) is 0 Å². The maximum Gasteiger partial charge on any atom is 0.254 e. The number of rotatable bonds is 6. The Hall–Kier alpha value is -1.73. The highest BCUT2D eigenvalue weighted by molar-refractivity contribution is 5.44. The van der Waals surface area contributed by atoms with E-state index in [-0.39, 0.29) is 6.10 Å². The molecule has 3 N–H and O–H groups in total. The summed E-state index contributed by atoms with van der Waals surface area (Å²) in [6.07, 6.45) is 1.16. The van der Waals surface area contributed by atoms with Crippen LogP contribution in [0.5, 0.6) is 0 Å². The molecule has 7 heteroatoms. The zero-order chi connectivity index (χ0) is 13.0. The van der Waals surface area contributed by atoms with Crippen LogP contribution in [-0.4, -0.2) is 50.4 Å². The number of aryl methyl sites for hydroxylation is 1. The average molecular weight is 250 g/mol. The number of nitrogens with zero attached hydrogens (tertiary/aromatic N) is 4. The molecule has 0 bridgehead atoms. The number of hydrogen-bond donors (Lipinski definition) is 3. The second kappa shape index (κ2) is 5.74. The fourth-order valence-corrected chi connectivity index (χ4v) is 1.65. The van der Waals surface area contributed by atoms with E-state index < -0.39 is 0 Å². The van der Waals surface area contributed by atoms with Crippen molar-refractivity contribution < 1.29 is 5.11 Å². The van der Waals surface area contributed by atoms with E-state index in [4.69, 9.17) is 5.11 Å². The molecule has 2 aromatic heterocycles. The van der Waals surface area contributed by atoms with Gasteiger partial charge in [-0.2, -0.15) is 14.6 Å². The van der Waals surface area contributed by atoms with Crippen molar-refractivity contribution in [3.63, 3.8) is 0 Å². The maximum absolute atomic E-state index is 9.11. The molecule has 0 aliphatic rings. The van der Waals surface area contributed by atoms with Gasteiger partial charge in [0.2, 0.25) is 0 Å². The number of aromatic nitrogens is 4. The van der Waals surface area contributed by atoms with E-state index in [9.17, 15) is 0 Å². The molecule has 0 radical (unpaired) electrons. The summed E-state index contributed by atoms with van der Waals surface area (Å²) >= 11 is 0. The van der Waals surface area contributed by atoms with Crippen LogP contribution in [0.4, 0.5) is 5.82 Å². The summed E-state index contributed by atoms with van der Waals surface area (Å²) in [7, 11) is 0. The van der Waals surface area contributed by atoms with Crippen LogP contribution in [0.1, 0.15) is 12.6 Å². The lowest BCUT2D eigenvalue weighted by atomic mass is 10.4. The lowest BCUT2D eigenvalue weighted by Gasteiger charge is -2.10. The van der Waals surface area contributed by atoms with E-state index in [0.29, 0.717) is 12.3 Å². The number of nitrogens with one attached hydrogen (secondary N) is 2. The number of hydrogen-bond acceptors (Lipinski definition) is 6. The van der Waals surface area contributed by atoms with Gasteiger partial charge in [-0.15, -0.1) is 0 Å². The Kier molecular flexibility index (Phi) is 4.06. The van der Waals surface area contributed by atoms with Gasteiger partial charge in [-0.25, -0.2) is 4.98 Å². The standard InChI is InChI=1S/C11H18N6O/c1-8-5-10(13-4-3-12-6-9(2)18)17-11(16-8)14-7-15-17/h5,7,9,12-13,18H,3-4,6H2,1-2H3. The van der Waals surface area contributed by atoms with Crippen LogP contribution in [0.15, 0.2) is 12.4 Å². The second-order valence-electron chi connectivity index (χ2n) is 4.23. The van der Waals surface area contributed by atoms with Gasteiger partial charge in [0.25, 0.3) is 5.78 Å². The SMILES string of the molecule is Cc1cc(NCCNCC(C)O)n2ncnc2n1. The number of anilines is 1. The first kappa shape index (κ1) is 12.7. The van der Waals surface area contributed by atoms with Gasteiger partial charge in [0, 0.05) is 31.4 Å². The Labute approximate surface area is 105 Å². The third-order valence-electron chi connectivity index (χ3n) is 2.43. The Morgan fingerprint density at radius 2 is 2.28 bits per heavy atom. The number of aliphatic hydroxyl groups is 1. The fourth-order valence-electron chi connectivity index (χ4n) is 1.65. The molecule has 0 aliphatic carbocycles. The van der Waals surface area contributed by atoms with Crippen molar-refractivity contribution in [2.75, 3.05) is 25.0 Å². The van der Waals surface area contributed by atoms with Crippen LogP contribution in [0.2, 0.25) is 0 Å². The Morgan fingerprint density at radius 3 is 3.06 bits per heavy atom. The second-order valence-corrected chi connectivity index (χ2v) is 4.23. The molecule has 0 saturated carbocycles. The molecule has 0 spiro atoms. The highest BCUT2D eigenvalue weighted by atomic mass is 16.3. The van der Waals surface area contributed by atoms with E-state index in [1.807, 2.05) is 13.0 Å². The van der Waals surface area contributed by atoms with Crippen molar-refractivity contribution in [1.82, 2.24) is 24.9 Å². The van der Waals surface area contributed by atoms with Crippen molar-refractivity contribution in [2.45, 2.75) is 20.0 Å². The molecule has 1 atom stereocenters. The highest BCUT2D eigenvalue weighted by Crippen LogP contribution is 2.09. The van der Waals surface area contributed by atoms with Gasteiger partial charge in [0.15, 0.2) is 0 Å². The predicted octanol–water partition coefficient (Wildman–Crippen LogP) is -0.185. The first-order chi connectivity index (χ1) is 8.66. The molecule has 0 amide bonds. The van der Waals surface area contributed by atoms with Crippen molar-refractivity contribution in [1.29, 1.82) is 0 Å². The van der Waals surface area contributed by atoms with Gasteiger partial charge in [0.05, 0.1) is 6.10 Å². The molecule has 2 aromatic rings. The molecule has 0 fully saturated rings. The number of aliphatic hydroxyl groups excluding tert-OH is 1. The van der Waals surface area contributed by atoms with E-state index in [2.05, 4.69) is 25.7 Å².